The summed E-state index contributed by atoms with van der Waals surface area (Å²) in [5.74, 6) is -2.76. The van der Waals surface area contributed by atoms with Gasteiger partial charge in [0.1, 0.15) is 11.4 Å². The van der Waals surface area contributed by atoms with Crippen LogP contribution in [0.4, 0.5) is 10.1 Å². The fourth-order valence-corrected chi connectivity index (χ4v) is 3.70. The molecule has 0 aromatic heterocycles. The van der Waals surface area contributed by atoms with Crippen LogP contribution in [-0.2, 0) is 27.7 Å². The first kappa shape index (κ1) is 18.8. The van der Waals surface area contributed by atoms with Crippen molar-refractivity contribution >= 4 is 27.6 Å². The number of aliphatic carboxylic acids is 1. The number of halogens is 1. The fourth-order valence-electron chi connectivity index (χ4n) is 3.14. The van der Waals surface area contributed by atoms with Crippen LogP contribution >= 0.6 is 0 Å². The Morgan fingerprint density at radius 3 is 2.22 bits per heavy atom. The average molecular weight is 392 g/mol. The Hall–Kier alpha value is -2.94. The van der Waals surface area contributed by atoms with Crippen LogP contribution < -0.4 is 10.0 Å². The minimum Gasteiger partial charge on any atom is -0.479 e. The standard InChI is InChI=1S/C18H17FN2O5S/c1-27(25,26)21-15-8-11(6-7-14(15)19)16(22)20-18(17(23)24)9-12-4-2-3-5-13(12)10-18/h2-8,21H,9-10H2,1H3,(H,20,22)(H,23,24). The Labute approximate surface area is 155 Å². The number of carbonyl (C=O) groups is 2. The van der Waals surface area contributed by atoms with Gasteiger partial charge in [-0.2, -0.15) is 0 Å². The summed E-state index contributed by atoms with van der Waals surface area (Å²) >= 11 is 0. The van der Waals surface area contributed by atoms with Crippen molar-refractivity contribution in [1.29, 1.82) is 0 Å². The number of benzene rings is 2. The Morgan fingerprint density at radius 1 is 1.11 bits per heavy atom. The molecule has 0 bridgehead atoms. The second-order valence-electron chi connectivity index (χ2n) is 6.53. The molecule has 142 valence electrons. The van der Waals surface area contributed by atoms with Crippen molar-refractivity contribution in [3.8, 4) is 0 Å². The predicted molar refractivity (Wildman–Crippen MR) is 96.5 cm³/mol. The molecule has 0 unspecified atom stereocenters. The molecule has 0 heterocycles. The molecule has 2 aromatic rings. The van der Waals surface area contributed by atoms with Crippen molar-refractivity contribution in [2.45, 2.75) is 18.4 Å². The Morgan fingerprint density at radius 2 is 1.70 bits per heavy atom. The molecule has 27 heavy (non-hydrogen) atoms. The highest BCUT2D eigenvalue weighted by atomic mass is 32.2. The van der Waals surface area contributed by atoms with Gasteiger partial charge in [0.2, 0.25) is 10.0 Å². The summed E-state index contributed by atoms with van der Waals surface area (Å²) in [6, 6.07) is 10.3. The SMILES string of the molecule is CS(=O)(=O)Nc1cc(C(=O)NC2(C(=O)O)Cc3ccccc3C2)ccc1F. The summed E-state index contributed by atoms with van der Waals surface area (Å²) in [4.78, 5) is 24.5. The van der Waals surface area contributed by atoms with Gasteiger partial charge in [-0.15, -0.1) is 0 Å². The van der Waals surface area contributed by atoms with E-state index in [-0.39, 0.29) is 24.1 Å². The predicted octanol–water partition coefficient (Wildman–Crippen LogP) is 1.55. The zero-order valence-corrected chi connectivity index (χ0v) is 15.1. The largest absolute Gasteiger partial charge is 0.479 e. The van der Waals surface area contributed by atoms with Gasteiger partial charge < -0.3 is 10.4 Å². The van der Waals surface area contributed by atoms with Crippen molar-refractivity contribution in [3.63, 3.8) is 0 Å². The number of carbonyl (C=O) groups excluding carboxylic acids is 1. The van der Waals surface area contributed by atoms with Crippen LogP contribution in [0.3, 0.4) is 0 Å². The van der Waals surface area contributed by atoms with Gasteiger partial charge >= 0.3 is 5.97 Å². The van der Waals surface area contributed by atoms with Crippen LogP contribution in [0.1, 0.15) is 21.5 Å². The Bertz CT molecular complexity index is 1010. The van der Waals surface area contributed by atoms with E-state index < -0.39 is 33.3 Å². The highest BCUT2D eigenvalue weighted by Gasteiger charge is 2.45. The number of rotatable bonds is 5. The van der Waals surface area contributed by atoms with Gasteiger partial charge in [0.15, 0.2) is 0 Å². The van der Waals surface area contributed by atoms with E-state index in [4.69, 9.17) is 0 Å². The van der Waals surface area contributed by atoms with Gasteiger partial charge in [-0.25, -0.2) is 17.6 Å². The van der Waals surface area contributed by atoms with E-state index in [9.17, 15) is 27.5 Å². The minimum absolute atomic E-state index is 0.0564. The lowest BCUT2D eigenvalue weighted by Crippen LogP contribution is -2.55. The van der Waals surface area contributed by atoms with Gasteiger partial charge in [0.25, 0.3) is 5.91 Å². The number of hydrogen-bond donors (Lipinski definition) is 3. The molecular weight excluding hydrogens is 375 g/mol. The lowest BCUT2D eigenvalue weighted by atomic mass is 9.95. The highest BCUT2D eigenvalue weighted by molar-refractivity contribution is 7.92. The van der Waals surface area contributed by atoms with E-state index in [2.05, 4.69) is 5.32 Å². The third-order valence-corrected chi connectivity index (χ3v) is 4.98. The molecule has 0 saturated heterocycles. The minimum atomic E-state index is -3.74. The van der Waals surface area contributed by atoms with E-state index in [1.807, 2.05) is 4.72 Å². The maximum atomic E-state index is 13.8. The van der Waals surface area contributed by atoms with Crippen LogP contribution in [0, 0.1) is 5.82 Å². The summed E-state index contributed by atoms with van der Waals surface area (Å²) in [7, 11) is -3.74. The Balaban J connectivity index is 1.88. The summed E-state index contributed by atoms with van der Waals surface area (Å²) in [5, 5.41) is 12.2. The van der Waals surface area contributed by atoms with Crippen molar-refractivity contribution in [2.75, 3.05) is 11.0 Å². The van der Waals surface area contributed by atoms with Crippen molar-refractivity contribution in [3.05, 3.63) is 65.0 Å². The van der Waals surface area contributed by atoms with Gasteiger partial charge in [0, 0.05) is 18.4 Å². The summed E-state index contributed by atoms with van der Waals surface area (Å²) in [6.45, 7) is 0. The first-order valence-electron chi connectivity index (χ1n) is 8.00. The van der Waals surface area contributed by atoms with E-state index >= 15 is 0 Å². The summed E-state index contributed by atoms with van der Waals surface area (Å²) < 4.78 is 38.4. The first-order valence-corrected chi connectivity index (χ1v) is 9.89. The molecule has 0 aliphatic heterocycles. The number of amides is 1. The van der Waals surface area contributed by atoms with Gasteiger partial charge in [-0.3, -0.25) is 9.52 Å². The molecule has 2 aromatic carbocycles. The molecule has 0 spiro atoms. The monoisotopic (exact) mass is 392 g/mol. The molecule has 1 aliphatic rings. The quantitative estimate of drug-likeness (QED) is 0.715. The second-order valence-corrected chi connectivity index (χ2v) is 8.28. The summed E-state index contributed by atoms with van der Waals surface area (Å²) in [5.41, 5.74) is -0.291. The third-order valence-electron chi connectivity index (χ3n) is 4.39. The third kappa shape index (κ3) is 3.92. The number of hydrogen-bond acceptors (Lipinski definition) is 4. The van der Waals surface area contributed by atoms with Gasteiger partial charge in [-0.05, 0) is 29.3 Å². The molecule has 0 fully saturated rings. The van der Waals surface area contributed by atoms with Crippen molar-refractivity contribution < 1.29 is 27.5 Å². The average Bonchev–Trinajstić information content (AvgIpc) is 2.95. The van der Waals surface area contributed by atoms with Gasteiger partial charge in [-0.1, -0.05) is 24.3 Å². The topological polar surface area (TPSA) is 113 Å². The van der Waals surface area contributed by atoms with Crippen molar-refractivity contribution in [2.24, 2.45) is 0 Å². The van der Waals surface area contributed by atoms with Gasteiger partial charge in [0.05, 0.1) is 11.9 Å². The molecule has 3 rings (SSSR count). The maximum Gasteiger partial charge on any atom is 0.330 e. The molecule has 9 heteroatoms. The lowest BCUT2D eigenvalue weighted by molar-refractivity contribution is -0.144. The van der Waals surface area contributed by atoms with Crippen LogP contribution in [0.2, 0.25) is 0 Å². The molecule has 0 radical (unpaired) electrons. The first-order chi connectivity index (χ1) is 12.6. The van der Waals surface area contributed by atoms with Crippen LogP contribution in [-0.4, -0.2) is 37.2 Å². The number of nitrogens with one attached hydrogen (secondary N) is 2. The number of carboxylic acid groups (broad SMARTS) is 1. The molecule has 7 nitrogen and oxygen atoms in total. The number of anilines is 1. The molecule has 1 aliphatic carbocycles. The molecule has 0 saturated carbocycles. The number of fused-ring (bicyclic) bond motifs is 1. The van der Waals surface area contributed by atoms with E-state index in [1.54, 1.807) is 24.3 Å². The zero-order chi connectivity index (χ0) is 19.8. The van der Waals surface area contributed by atoms with E-state index in [0.29, 0.717) is 0 Å². The maximum absolute atomic E-state index is 13.8. The second kappa shape index (κ2) is 6.66. The highest BCUT2D eigenvalue weighted by Crippen LogP contribution is 2.31. The van der Waals surface area contributed by atoms with E-state index in [0.717, 1.165) is 35.6 Å². The van der Waals surface area contributed by atoms with Crippen molar-refractivity contribution in [1.82, 2.24) is 5.32 Å². The molecule has 0 atom stereocenters. The normalized spacial score (nSPS) is 15.0. The zero-order valence-electron chi connectivity index (χ0n) is 14.3. The molecular formula is C18H17FN2O5S. The number of carboxylic acids is 1. The number of sulfonamides is 1. The summed E-state index contributed by atoms with van der Waals surface area (Å²) in [6.07, 6.45) is 1.11. The molecule has 1 amide bonds. The Kier molecular flexibility index (Phi) is 4.64. The van der Waals surface area contributed by atoms with E-state index in [1.165, 1.54) is 0 Å². The van der Waals surface area contributed by atoms with Crippen LogP contribution in [0.25, 0.3) is 0 Å². The van der Waals surface area contributed by atoms with Crippen LogP contribution in [0.15, 0.2) is 42.5 Å². The molecule has 3 N–H and O–H groups in total. The smallest absolute Gasteiger partial charge is 0.330 e. The fraction of sp³-hybridized carbons (Fsp3) is 0.222. The van der Waals surface area contributed by atoms with Crippen LogP contribution in [0.5, 0.6) is 0 Å². The lowest BCUT2D eigenvalue weighted by Gasteiger charge is -2.25.